The highest BCUT2D eigenvalue weighted by Crippen LogP contribution is 2.11. The quantitative estimate of drug-likeness (QED) is 0.344. The average molecular weight is 372 g/mol. The summed E-state index contributed by atoms with van der Waals surface area (Å²) in [6, 6.07) is 11.7. The molecule has 2 rings (SSSR count). The number of hydrazone groups is 2. The average Bonchev–Trinajstić information content (AvgIpc) is 2.62. The molecular formula is C15H12N6O4S. The summed E-state index contributed by atoms with van der Waals surface area (Å²) < 4.78 is 0. The summed E-state index contributed by atoms with van der Waals surface area (Å²) in [6.07, 6.45) is 2.88. The van der Waals surface area contributed by atoms with Crippen LogP contribution in [0.4, 0.5) is 11.4 Å². The molecule has 10 nitrogen and oxygen atoms in total. The molecule has 0 heterocycles. The molecule has 2 aromatic rings. The number of nitrogens with zero attached hydrogens (tertiary/aromatic N) is 4. The highest BCUT2D eigenvalue weighted by Gasteiger charge is 2.03. The van der Waals surface area contributed by atoms with E-state index >= 15 is 0 Å². The van der Waals surface area contributed by atoms with Crippen LogP contribution in [0.1, 0.15) is 11.1 Å². The lowest BCUT2D eigenvalue weighted by atomic mass is 10.2. The number of rotatable bonds is 6. The molecule has 0 saturated carbocycles. The van der Waals surface area contributed by atoms with E-state index in [0.717, 1.165) is 0 Å². The van der Waals surface area contributed by atoms with Crippen LogP contribution < -0.4 is 10.9 Å². The first kappa shape index (κ1) is 18.6. The van der Waals surface area contributed by atoms with Crippen LogP contribution in [0, 0.1) is 20.2 Å². The van der Waals surface area contributed by atoms with Crippen LogP contribution in [0.25, 0.3) is 0 Å². The van der Waals surface area contributed by atoms with E-state index < -0.39 is 9.85 Å². The van der Waals surface area contributed by atoms with Gasteiger partial charge in [-0.05, 0) is 47.6 Å². The largest absolute Gasteiger partial charge is 0.269 e. The molecule has 0 bridgehead atoms. The highest BCUT2D eigenvalue weighted by atomic mass is 32.1. The molecule has 0 amide bonds. The van der Waals surface area contributed by atoms with E-state index in [2.05, 4.69) is 21.1 Å². The van der Waals surface area contributed by atoms with E-state index in [0.29, 0.717) is 11.1 Å². The summed E-state index contributed by atoms with van der Waals surface area (Å²) >= 11 is 4.97. The molecule has 11 heteroatoms. The third-order valence-corrected chi connectivity index (χ3v) is 3.15. The second-order valence-electron chi connectivity index (χ2n) is 4.77. The molecule has 0 aliphatic heterocycles. The van der Waals surface area contributed by atoms with Gasteiger partial charge in [-0.25, -0.2) is 0 Å². The van der Waals surface area contributed by atoms with E-state index in [1.807, 2.05) is 0 Å². The number of hydrogen-bond acceptors (Lipinski definition) is 7. The fourth-order valence-corrected chi connectivity index (χ4v) is 1.83. The van der Waals surface area contributed by atoms with Crippen molar-refractivity contribution in [2.24, 2.45) is 10.2 Å². The Hall–Kier alpha value is -3.73. The molecule has 0 saturated heterocycles. The summed E-state index contributed by atoms with van der Waals surface area (Å²) in [5, 5.41) is 29.0. The van der Waals surface area contributed by atoms with Gasteiger partial charge < -0.3 is 0 Å². The smallest absolute Gasteiger partial charge is 0.258 e. The first-order valence-corrected chi connectivity index (χ1v) is 7.47. The second-order valence-corrected chi connectivity index (χ2v) is 5.17. The maximum atomic E-state index is 10.6. The predicted molar refractivity (Wildman–Crippen MR) is 100 cm³/mol. The normalized spacial score (nSPS) is 10.8. The SMILES string of the molecule is O=[N+]([O-])c1ccc(C=NNC(=S)N/N=C/c2ccc([N+](=O)[O-])cc2)cc1. The Morgan fingerprint density at radius 3 is 1.46 bits per heavy atom. The van der Waals surface area contributed by atoms with Gasteiger partial charge in [-0.3, -0.25) is 31.1 Å². The fourth-order valence-electron chi connectivity index (χ4n) is 1.72. The van der Waals surface area contributed by atoms with Crippen LogP contribution in [-0.4, -0.2) is 27.4 Å². The standard InChI is InChI=1S/C15H12N6O4S/c22-20(23)13-5-1-11(2-6-13)9-16-18-15(26)19-17-10-12-3-7-14(8-4-12)21(24)25/h1-10H,(H2,18,19,26)/b16-9+,17-10?. The van der Waals surface area contributed by atoms with Crippen molar-refractivity contribution in [1.82, 2.24) is 10.9 Å². The van der Waals surface area contributed by atoms with Crippen molar-refractivity contribution in [3.63, 3.8) is 0 Å². The third-order valence-electron chi connectivity index (χ3n) is 2.97. The van der Waals surface area contributed by atoms with E-state index in [1.54, 1.807) is 24.3 Å². The minimum Gasteiger partial charge on any atom is -0.258 e. The summed E-state index contributed by atoms with van der Waals surface area (Å²) in [4.78, 5) is 20.1. The molecule has 2 N–H and O–H groups in total. The Labute approximate surface area is 152 Å². The van der Waals surface area contributed by atoms with Crippen molar-refractivity contribution >= 4 is 41.1 Å². The molecular weight excluding hydrogens is 360 g/mol. The zero-order chi connectivity index (χ0) is 18.9. The van der Waals surface area contributed by atoms with E-state index in [4.69, 9.17) is 12.2 Å². The minimum absolute atomic E-state index is 0.00659. The van der Waals surface area contributed by atoms with Gasteiger partial charge in [0.2, 0.25) is 5.11 Å². The van der Waals surface area contributed by atoms with Crippen molar-refractivity contribution in [3.8, 4) is 0 Å². The highest BCUT2D eigenvalue weighted by molar-refractivity contribution is 7.80. The first-order valence-electron chi connectivity index (χ1n) is 7.07. The summed E-state index contributed by atoms with van der Waals surface area (Å²) in [7, 11) is 0. The van der Waals surface area contributed by atoms with Crippen LogP contribution in [-0.2, 0) is 0 Å². The van der Waals surface area contributed by atoms with Gasteiger partial charge in [-0.15, -0.1) is 0 Å². The van der Waals surface area contributed by atoms with Gasteiger partial charge in [-0.1, -0.05) is 0 Å². The number of nitro benzene ring substituents is 2. The maximum Gasteiger partial charge on any atom is 0.269 e. The first-order chi connectivity index (χ1) is 12.5. The molecule has 0 aliphatic rings. The molecule has 2 aromatic carbocycles. The van der Waals surface area contributed by atoms with Gasteiger partial charge >= 0.3 is 0 Å². The second kappa shape index (κ2) is 8.94. The number of benzene rings is 2. The molecule has 0 aliphatic carbocycles. The van der Waals surface area contributed by atoms with Crippen LogP contribution in [0.2, 0.25) is 0 Å². The van der Waals surface area contributed by atoms with E-state index in [-0.39, 0.29) is 16.5 Å². The van der Waals surface area contributed by atoms with Crippen molar-refractivity contribution in [3.05, 3.63) is 79.9 Å². The van der Waals surface area contributed by atoms with Crippen molar-refractivity contribution in [2.75, 3.05) is 0 Å². The van der Waals surface area contributed by atoms with Crippen molar-refractivity contribution in [1.29, 1.82) is 0 Å². The third kappa shape index (κ3) is 5.72. The van der Waals surface area contributed by atoms with Crippen LogP contribution in [0.15, 0.2) is 58.7 Å². The Morgan fingerprint density at radius 2 is 1.15 bits per heavy atom. The lowest BCUT2D eigenvalue weighted by Crippen LogP contribution is -2.28. The monoisotopic (exact) mass is 372 g/mol. The van der Waals surface area contributed by atoms with Gasteiger partial charge in [0, 0.05) is 24.3 Å². The number of hydrogen-bond donors (Lipinski definition) is 2. The summed E-state index contributed by atoms with van der Waals surface area (Å²) in [6.45, 7) is 0. The maximum absolute atomic E-state index is 10.6. The van der Waals surface area contributed by atoms with Crippen molar-refractivity contribution < 1.29 is 9.85 Å². The van der Waals surface area contributed by atoms with Crippen LogP contribution in [0.3, 0.4) is 0 Å². The molecule has 26 heavy (non-hydrogen) atoms. The Bertz CT molecular complexity index is 793. The van der Waals surface area contributed by atoms with Gasteiger partial charge in [0.15, 0.2) is 0 Å². The lowest BCUT2D eigenvalue weighted by Gasteiger charge is -2.01. The number of nitrogens with one attached hydrogen (secondary N) is 2. The van der Waals surface area contributed by atoms with Crippen LogP contribution in [0.5, 0.6) is 0 Å². The number of nitro groups is 2. The zero-order valence-electron chi connectivity index (χ0n) is 13.1. The fraction of sp³-hybridized carbons (Fsp3) is 0. The lowest BCUT2D eigenvalue weighted by molar-refractivity contribution is -0.385. The van der Waals surface area contributed by atoms with Gasteiger partial charge in [-0.2, -0.15) is 10.2 Å². The minimum atomic E-state index is -0.485. The molecule has 132 valence electrons. The van der Waals surface area contributed by atoms with Gasteiger partial charge in [0.25, 0.3) is 11.4 Å². The molecule has 0 aromatic heterocycles. The van der Waals surface area contributed by atoms with Crippen molar-refractivity contribution in [2.45, 2.75) is 0 Å². The molecule has 0 unspecified atom stereocenters. The van der Waals surface area contributed by atoms with E-state index in [9.17, 15) is 20.2 Å². The molecule has 0 fully saturated rings. The van der Waals surface area contributed by atoms with Crippen LogP contribution >= 0.6 is 12.2 Å². The van der Waals surface area contributed by atoms with Gasteiger partial charge in [0.1, 0.15) is 0 Å². The zero-order valence-corrected chi connectivity index (χ0v) is 13.9. The molecule has 0 atom stereocenters. The predicted octanol–water partition coefficient (Wildman–Crippen LogP) is 2.34. The number of non-ortho nitro benzene ring substituents is 2. The number of thiocarbonyl (C=S) groups is 1. The van der Waals surface area contributed by atoms with E-state index in [1.165, 1.54) is 36.7 Å². The molecule has 0 radical (unpaired) electrons. The molecule has 0 spiro atoms. The summed E-state index contributed by atoms with van der Waals surface area (Å²) in [5.74, 6) is 0. The van der Waals surface area contributed by atoms with Gasteiger partial charge in [0.05, 0.1) is 22.3 Å². The summed E-state index contributed by atoms with van der Waals surface area (Å²) in [5.41, 5.74) is 6.36. The Kier molecular flexibility index (Phi) is 6.40. The Balaban J connectivity index is 1.81. The topological polar surface area (TPSA) is 135 Å². The Morgan fingerprint density at radius 1 is 0.808 bits per heavy atom.